The first-order valence-electron chi connectivity index (χ1n) is 22.4. The molecule has 5 heterocycles. The fourth-order valence-electron chi connectivity index (χ4n) is 11.4. The topological polar surface area (TPSA) is 38.4 Å². The molecule has 0 atom stereocenters. The number of para-hydroxylation sites is 4. The number of hydrogen-bond acceptors (Lipinski definition) is 3. The van der Waals surface area contributed by atoms with Gasteiger partial charge in [0, 0.05) is 51.2 Å². The van der Waals surface area contributed by atoms with Gasteiger partial charge >= 0.3 is 0 Å². The number of imidazole rings is 1. The van der Waals surface area contributed by atoms with Crippen molar-refractivity contribution in [2.75, 3.05) is 4.90 Å². The summed E-state index contributed by atoms with van der Waals surface area (Å²) < 4.78 is 4.66. The van der Waals surface area contributed by atoms with E-state index in [1.807, 2.05) is 18.5 Å². The van der Waals surface area contributed by atoms with Gasteiger partial charge in [-0.2, -0.15) is 0 Å². The lowest BCUT2D eigenvalue weighted by Crippen LogP contribution is -2.76. The van der Waals surface area contributed by atoms with Crippen LogP contribution in [0.5, 0.6) is 0 Å². The lowest BCUT2D eigenvalue weighted by atomic mass is 9.72. The van der Waals surface area contributed by atoms with Crippen LogP contribution in [0.2, 0.25) is 0 Å². The van der Waals surface area contributed by atoms with Crippen LogP contribution in [0, 0.1) is 0 Å². The zero-order valence-electron chi connectivity index (χ0n) is 36.1. The van der Waals surface area contributed by atoms with E-state index in [1.165, 1.54) is 64.8 Å². The molecule has 13 rings (SSSR count). The Hall–Kier alpha value is -8.06. The van der Waals surface area contributed by atoms with Crippen molar-refractivity contribution < 1.29 is 0 Å². The average Bonchev–Trinajstić information content (AvgIpc) is 4.00. The summed E-state index contributed by atoms with van der Waals surface area (Å²) in [7, 11) is -3.36. The Bertz CT molecular complexity index is 3760. The highest BCUT2D eigenvalue weighted by Gasteiger charge is 2.50. The monoisotopic (exact) mass is 849 g/mol. The van der Waals surface area contributed by atoms with Gasteiger partial charge in [0.25, 0.3) is 0 Å². The molecule has 1 aliphatic heterocycles. The molecule has 0 N–H and O–H groups in total. The minimum absolute atomic E-state index is 0.444. The minimum atomic E-state index is -3.36. The van der Waals surface area contributed by atoms with Crippen LogP contribution in [0.15, 0.2) is 225 Å². The molecule has 65 heavy (non-hydrogen) atoms. The van der Waals surface area contributed by atoms with Crippen molar-refractivity contribution in [2.45, 2.75) is 19.3 Å². The lowest BCUT2D eigenvalue weighted by Gasteiger charge is -2.47. The second-order valence-electron chi connectivity index (χ2n) is 17.8. The largest absolute Gasteiger partial charge is 0.309 e. The molecule has 0 aliphatic carbocycles. The van der Waals surface area contributed by atoms with Gasteiger partial charge in [0.1, 0.15) is 11.5 Å². The van der Waals surface area contributed by atoms with Crippen LogP contribution < -0.4 is 25.6 Å². The van der Waals surface area contributed by atoms with Gasteiger partial charge in [-0.1, -0.05) is 172 Å². The van der Waals surface area contributed by atoms with E-state index in [0.717, 1.165) is 39.1 Å². The quantitative estimate of drug-likeness (QED) is 0.0950. The molecule has 1 aliphatic rings. The number of benzene rings is 8. The number of pyridine rings is 2. The number of nitrogens with zero attached hydrogens (tertiary/aromatic N) is 5. The van der Waals surface area contributed by atoms with Gasteiger partial charge in [-0.3, -0.25) is 8.97 Å². The summed E-state index contributed by atoms with van der Waals surface area (Å²) in [5.74, 6) is 0.886. The predicted molar refractivity (Wildman–Crippen MR) is 273 cm³/mol. The zero-order chi connectivity index (χ0) is 43.3. The number of aromatic nitrogens is 4. The summed E-state index contributed by atoms with van der Waals surface area (Å²) in [6.07, 6.45) is 5.95. The van der Waals surface area contributed by atoms with E-state index >= 15 is 0 Å². The SMILES string of the molecule is CC1(C)c2ccccc2N(c2ccccc2)c2c1c([Si](c1ccccc1)(c1ccccc1)c1ccc3c4ccccc4n4ccnc4c3c1)cc1c2c2ccccc2n1-c1ccccn1. The maximum atomic E-state index is 5.08. The number of rotatable bonds is 6. The first-order chi connectivity index (χ1) is 32.0. The Morgan fingerprint density at radius 1 is 0.477 bits per heavy atom. The Morgan fingerprint density at radius 2 is 1.12 bits per heavy atom. The molecule has 0 bridgehead atoms. The predicted octanol–water partition coefficient (Wildman–Crippen LogP) is 11.6. The van der Waals surface area contributed by atoms with Crippen molar-refractivity contribution >= 4 is 95.0 Å². The van der Waals surface area contributed by atoms with E-state index in [-0.39, 0.29) is 0 Å². The van der Waals surface area contributed by atoms with Gasteiger partial charge in [-0.05, 0) is 85.8 Å². The third-order valence-corrected chi connectivity index (χ3v) is 18.9. The standard InChI is InChI=1S/C59H43N5Si/c1-59(2)48-28-14-17-31-51(48)63(40-20-6-3-7-21-40)57-55-46-27-13-16-30-50(46)64(54-32-18-19-35-60-54)52(55)39-53(56(57)59)65(41-22-8-4-9-23-41,42-24-10-5-11-25-42)43-33-34-44-45-26-12-15-29-49(45)62-37-36-61-58(62)47(44)38-43/h3-39H,1-2H3. The van der Waals surface area contributed by atoms with E-state index in [4.69, 9.17) is 9.97 Å². The smallest absolute Gasteiger partial charge is 0.180 e. The molecule has 0 unspecified atom stereocenters. The summed E-state index contributed by atoms with van der Waals surface area (Å²) >= 11 is 0. The summed E-state index contributed by atoms with van der Waals surface area (Å²) in [6, 6.07) is 76.6. The van der Waals surface area contributed by atoms with Gasteiger partial charge in [-0.25, -0.2) is 9.97 Å². The Labute approximate surface area is 378 Å². The third-order valence-electron chi connectivity index (χ3n) is 14.1. The Balaban J connectivity index is 1.30. The van der Waals surface area contributed by atoms with Crippen LogP contribution in [-0.2, 0) is 5.41 Å². The lowest BCUT2D eigenvalue weighted by molar-refractivity contribution is 0.637. The van der Waals surface area contributed by atoms with Gasteiger partial charge < -0.3 is 4.90 Å². The molecule has 0 amide bonds. The van der Waals surface area contributed by atoms with Crippen molar-refractivity contribution in [1.29, 1.82) is 0 Å². The first-order valence-corrected chi connectivity index (χ1v) is 24.4. The first kappa shape index (κ1) is 37.5. The van der Waals surface area contributed by atoms with Crippen LogP contribution in [0.25, 0.3) is 54.9 Å². The van der Waals surface area contributed by atoms with Gasteiger partial charge in [0.15, 0.2) is 8.07 Å². The number of anilines is 3. The van der Waals surface area contributed by atoms with E-state index in [9.17, 15) is 0 Å². The molecule has 8 aromatic carbocycles. The molecule has 0 fully saturated rings. The Morgan fingerprint density at radius 3 is 1.86 bits per heavy atom. The molecule has 4 aromatic heterocycles. The maximum absolute atomic E-state index is 5.08. The highest BCUT2D eigenvalue weighted by molar-refractivity contribution is 7.20. The fourth-order valence-corrected chi connectivity index (χ4v) is 16.6. The molecule has 6 heteroatoms. The van der Waals surface area contributed by atoms with Gasteiger partial charge in [-0.15, -0.1) is 0 Å². The molecule has 308 valence electrons. The Kier molecular flexibility index (Phi) is 8.20. The van der Waals surface area contributed by atoms with Gasteiger partial charge in [0.2, 0.25) is 0 Å². The van der Waals surface area contributed by atoms with Crippen LogP contribution in [0.4, 0.5) is 17.1 Å². The molecule has 0 saturated carbocycles. The second kappa shape index (κ2) is 14.2. The molecule has 12 aromatic rings. The summed E-state index contributed by atoms with van der Waals surface area (Å²) in [5, 5.41) is 11.2. The van der Waals surface area contributed by atoms with Crippen molar-refractivity contribution in [1.82, 2.24) is 18.9 Å². The highest BCUT2D eigenvalue weighted by Crippen LogP contribution is 2.55. The molecule has 0 spiro atoms. The van der Waals surface area contributed by atoms with E-state index in [1.54, 1.807) is 0 Å². The van der Waals surface area contributed by atoms with Crippen LogP contribution >= 0.6 is 0 Å². The van der Waals surface area contributed by atoms with Crippen molar-refractivity contribution in [3.8, 4) is 5.82 Å². The molecule has 0 saturated heterocycles. The van der Waals surface area contributed by atoms with Crippen molar-refractivity contribution in [3.05, 3.63) is 236 Å². The van der Waals surface area contributed by atoms with E-state index < -0.39 is 13.5 Å². The highest BCUT2D eigenvalue weighted by atomic mass is 28.3. The summed E-state index contributed by atoms with van der Waals surface area (Å²) in [6.45, 7) is 4.91. The molecule has 0 radical (unpaired) electrons. The van der Waals surface area contributed by atoms with Crippen molar-refractivity contribution in [2.24, 2.45) is 0 Å². The van der Waals surface area contributed by atoms with Crippen molar-refractivity contribution in [3.63, 3.8) is 0 Å². The molecular weight excluding hydrogens is 807 g/mol. The third kappa shape index (κ3) is 5.26. The molecule has 5 nitrogen and oxygen atoms in total. The van der Waals surface area contributed by atoms with Gasteiger partial charge in [0.05, 0.1) is 27.9 Å². The normalized spacial score (nSPS) is 13.5. The minimum Gasteiger partial charge on any atom is -0.309 e. The van der Waals surface area contributed by atoms with E-state index in [2.05, 4.69) is 234 Å². The summed E-state index contributed by atoms with van der Waals surface area (Å²) in [4.78, 5) is 12.7. The van der Waals surface area contributed by atoms with E-state index in [0.29, 0.717) is 0 Å². The summed E-state index contributed by atoms with van der Waals surface area (Å²) in [5.41, 5.74) is 10.1. The van der Waals surface area contributed by atoms with Crippen LogP contribution in [-0.4, -0.2) is 27.0 Å². The number of fused-ring (bicyclic) bond motifs is 12. The van der Waals surface area contributed by atoms with Crippen LogP contribution in [0.3, 0.4) is 0 Å². The zero-order valence-corrected chi connectivity index (χ0v) is 37.1. The number of hydrogen-bond donors (Lipinski definition) is 0. The van der Waals surface area contributed by atoms with Crippen LogP contribution in [0.1, 0.15) is 25.0 Å². The molecular formula is C59H43N5Si. The maximum Gasteiger partial charge on any atom is 0.180 e. The second-order valence-corrected chi connectivity index (χ2v) is 21.5. The fraction of sp³-hybridized carbons (Fsp3) is 0.0508. The average molecular weight is 850 g/mol.